The van der Waals surface area contributed by atoms with Crippen molar-refractivity contribution in [3.05, 3.63) is 12.7 Å². The Balaban J connectivity index is -0.000000473. The Morgan fingerprint density at radius 2 is 0.466 bits per heavy atom. The summed E-state index contributed by atoms with van der Waals surface area (Å²) >= 11 is 0. The van der Waals surface area contributed by atoms with Crippen LogP contribution in [0.25, 0.3) is 0 Å². The predicted octanol–water partition coefficient (Wildman–Crippen LogP) is 26.9. The molecule has 0 saturated heterocycles. The minimum absolute atomic E-state index is 0. The first-order chi connectivity index (χ1) is 35.8. The van der Waals surface area contributed by atoms with E-state index in [1.54, 1.807) is 141 Å². The van der Waals surface area contributed by atoms with Gasteiger partial charge in [-0.1, -0.05) is 247 Å². The number of hydrogen-bond acceptors (Lipinski definition) is 0. The van der Waals surface area contributed by atoms with Crippen molar-refractivity contribution >= 4 is 0 Å². The highest BCUT2D eigenvalue weighted by Gasteiger charge is 2.34. The highest BCUT2D eigenvalue weighted by atomic mass is 14.4. The van der Waals surface area contributed by atoms with Gasteiger partial charge in [0.05, 0.1) is 0 Å². The molecule has 8 fully saturated rings. The molecule has 8 rings (SSSR count). The summed E-state index contributed by atoms with van der Waals surface area (Å²) in [6, 6.07) is 0. The van der Waals surface area contributed by atoms with E-state index in [1.807, 2.05) is 0 Å². The van der Waals surface area contributed by atoms with Crippen LogP contribution in [0.5, 0.6) is 0 Å². The van der Waals surface area contributed by atoms with Crippen molar-refractivity contribution in [2.24, 2.45) is 94.7 Å². The molecule has 0 bridgehead atoms. The van der Waals surface area contributed by atoms with E-state index in [-0.39, 0.29) is 11.4 Å². The van der Waals surface area contributed by atoms with E-state index < -0.39 is 0 Å². The van der Waals surface area contributed by atoms with E-state index in [9.17, 15) is 0 Å². The lowest BCUT2D eigenvalue weighted by Crippen LogP contribution is -2.25. The topological polar surface area (TPSA) is 0 Å². The first-order valence-corrected chi connectivity index (χ1v) is 35.4. The summed E-state index contributed by atoms with van der Waals surface area (Å²) in [6.45, 7) is 20.4. The molecule has 0 aromatic heterocycles. The smallest absolute Gasteiger partial charge is 0 e. The highest BCUT2D eigenvalue weighted by Crippen LogP contribution is 2.47. The number of rotatable bonds is 21. The third-order valence-electron chi connectivity index (χ3n) is 23.6. The maximum Gasteiger partial charge on any atom is 0 e. The van der Waals surface area contributed by atoms with E-state index in [2.05, 4.69) is 61.1 Å². The predicted molar refractivity (Wildman–Crippen MR) is 344 cm³/mol. The van der Waals surface area contributed by atoms with Crippen LogP contribution in [0.2, 0.25) is 0 Å². The zero-order valence-electron chi connectivity index (χ0n) is 51.5. The normalized spacial score (nSPS) is 37.2. The van der Waals surface area contributed by atoms with Crippen molar-refractivity contribution in [3.63, 3.8) is 0 Å². The molecule has 0 heterocycles. The van der Waals surface area contributed by atoms with Crippen LogP contribution in [-0.4, -0.2) is 0 Å². The molecule has 8 aliphatic carbocycles. The number of unbranched alkanes of at least 4 members (excludes halogenated alkanes) is 3. The van der Waals surface area contributed by atoms with E-state index in [1.165, 1.54) is 167 Å². The summed E-state index contributed by atoms with van der Waals surface area (Å²) < 4.78 is 0. The average molecular weight is 1030 g/mol. The molecule has 0 radical (unpaired) electrons. The van der Waals surface area contributed by atoms with E-state index >= 15 is 0 Å². The van der Waals surface area contributed by atoms with Crippen molar-refractivity contribution < 1.29 is 11.4 Å². The second kappa shape index (κ2) is 38.4. The molecule has 0 nitrogen and oxygen atoms in total. The van der Waals surface area contributed by atoms with Gasteiger partial charge in [0.15, 0.2) is 0 Å². The SMILES string of the molecule is C=CC1CCC(C2CCC(CCC)CC2)CC1.CCCC1CCC(C2CCC(CC)CC2)CC1.CCCCC1CCC(C2CCC(CCC)CC2)CC1.CCCCCC1CCC(C2CCC(CCC)CC2)CC1.[HH].[HH].[HH].[HH].[HH].[HH].[HH].[HH]. The van der Waals surface area contributed by atoms with Crippen LogP contribution in [-0.2, 0) is 0 Å². The lowest BCUT2D eigenvalue weighted by atomic mass is 9.68. The molecule has 0 aromatic rings. The van der Waals surface area contributed by atoms with Gasteiger partial charge in [0.1, 0.15) is 0 Å². The van der Waals surface area contributed by atoms with Gasteiger partial charge in [-0.3, -0.25) is 0 Å². The Kier molecular flexibility index (Phi) is 33.4. The van der Waals surface area contributed by atoms with Gasteiger partial charge in [0.2, 0.25) is 0 Å². The summed E-state index contributed by atoms with van der Waals surface area (Å²) in [7, 11) is 0. The Morgan fingerprint density at radius 3 is 0.685 bits per heavy atom. The van der Waals surface area contributed by atoms with Crippen LogP contribution in [0.1, 0.15) is 368 Å². The molecule has 0 aliphatic heterocycles. The maximum atomic E-state index is 3.95. The lowest BCUT2D eigenvalue weighted by Gasteiger charge is -2.38. The van der Waals surface area contributed by atoms with Gasteiger partial charge in [-0.15, -0.1) is 6.58 Å². The Hall–Kier alpha value is -0.260. The van der Waals surface area contributed by atoms with Gasteiger partial charge in [-0.05, 0) is 210 Å². The largest absolute Gasteiger partial charge is 0.103 e. The van der Waals surface area contributed by atoms with Crippen LogP contribution < -0.4 is 0 Å². The third kappa shape index (κ3) is 23.9. The van der Waals surface area contributed by atoms with Crippen LogP contribution in [0, 0.1) is 94.7 Å². The van der Waals surface area contributed by atoms with Crippen LogP contribution >= 0.6 is 0 Å². The molecule has 0 aromatic carbocycles. The van der Waals surface area contributed by atoms with Crippen LogP contribution in [0.15, 0.2) is 12.7 Å². The van der Waals surface area contributed by atoms with Crippen molar-refractivity contribution in [1.29, 1.82) is 0 Å². The summed E-state index contributed by atoms with van der Waals surface area (Å²) in [5, 5.41) is 0. The zero-order chi connectivity index (χ0) is 51.9. The van der Waals surface area contributed by atoms with Crippen molar-refractivity contribution in [1.82, 2.24) is 0 Å². The van der Waals surface area contributed by atoms with Gasteiger partial charge in [0.25, 0.3) is 0 Å². The van der Waals surface area contributed by atoms with Gasteiger partial charge in [0, 0.05) is 11.4 Å². The summed E-state index contributed by atoms with van der Waals surface area (Å²) in [6.07, 6.45) is 74.7. The summed E-state index contributed by atoms with van der Waals surface area (Å²) in [5.41, 5.74) is 0. The van der Waals surface area contributed by atoms with E-state index in [0.717, 1.165) is 94.7 Å². The molecule has 0 heteroatoms. The zero-order valence-corrected chi connectivity index (χ0v) is 51.5. The maximum absolute atomic E-state index is 3.95. The standard InChI is InChI=1S/C20H38.C19H36.C17H32.C17H30.8H2/c1-3-5-6-8-18-11-15-20(16-12-18)19-13-9-17(7-4-2)10-14-19;1-3-5-7-17-10-14-19(15-11-17)18-12-8-16(6-4-2)9-13-18;2*1-3-5-15-8-12-17(13-9-15)16-10-6-14(4-2)7-11-16;;;;;;;;/h17-20H,3-16H2,1-2H3;16-19H,3-15H2,1-2H3;14-17H,3-13H2,1-2H3;4,14-17H,2-3,5-13H2,1H3;8*1H. The molecule has 0 N–H and O–H groups in total. The Labute approximate surface area is 473 Å². The molecular formula is C73H152. The molecule has 0 spiro atoms. The summed E-state index contributed by atoms with van der Waals surface area (Å²) in [4.78, 5) is 0. The first-order valence-electron chi connectivity index (χ1n) is 35.4. The fourth-order valence-corrected chi connectivity index (χ4v) is 18.4. The first kappa shape index (κ1) is 63.6. The Morgan fingerprint density at radius 1 is 0.247 bits per heavy atom. The van der Waals surface area contributed by atoms with Crippen molar-refractivity contribution in [2.45, 2.75) is 357 Å². The lowest BCUT2D eigenvalue weighted by molar-refractivity contribution is 0.140. The number of hydrogen-bond donors (Lipinski definition) is 0. The van der Waals surface area contributed by atoms with Crippen LogP contribution in [0.4, 0.5) is 0 Å². The minimum atomic E-state index is 0. The molecule has 444 valence electrons. The van der Waals surface area contributed by atoms with E-state index in [0.29, 0.717) is 0 Å². The van der Waals surface area contributed by atoms with Gasteiger partial charge < -0.3 is 0 Å². The quantitative estimate of drug-likeness (QED) is 0.0794. The van der Waals surface area contributed by atoms with E-state index in [4.69, 9.17) is 0 Å². The fraction of sp³-hybridized carbons (Fsp3) is 0.973. The molecule has 8 saturated carbocycles. The third-order valence-corrected chi connectivity index (χ3v) is 23.6. The molecule has 0 atom stereocenters. The molecule has 8 aliphatic rings. The number of allylic oxidation sites excluding steroid dienone is 1. The molecule has 0 unspecified atom stereocenters. The highest BCUT2D eigenvalue weighted by molar-refractivity contribution is 4.88. The second-order valence-corrected chi connectivity index (χ2v) is 28.6. The summed E-state index contributed by atoms with van der Waals surface area (Å²) in [5.74, 6) is 17.2. The van der Waals surface area contributed by atoms with Gasteiger partial charge in [-0.25, -0.2) is 0 Å². The van der Waals surface area contributed by atoms with Gasteiger partial charge >= 0.3 is 0 Å². The van der Waals surface area contributed by atoms with Crippen molar-refractivity contribution in [2.75, 3.05) is 0 Å². The molecule has 73 heavy (non-hydrogen) atoms. The second-order valence-electron chi connectivity index (χ2n) is 28.6. The van der Waals surface area contributed by atoms with Gasteiger partial charge in [-0.2, -0.15) is 0 Å². The average Bonchev–Trinajstić information content (AvgIpc) is 3.45. The monoisotopic (exact) mass is 1030 g/mol. The fourth-order valence-electron chi connectivity index (χ4n) is 18.4. The minimum Gasteiger partial charge on any atom is -0.103 e. The molecular weight excluding hydrogens is 877 g/mol. The van der Waals surface area contributed by atoms with Crippen molar-refractivity contribution in [3.8, 4) is 0 Å². The molecule has 0 amide bonds. The Bertz CT molecular complexity index is 1280. The van der Waals surface area contributed by atoms with Crippen LogP contribution in [0.3, 0.4) is 0 Å².